The summed E-state index contributed by atoms with van der Waals surface area (Å²) in [6.07, 6.45) is 4.03. The number of nitrogens with one attached hydrogen (secondary N) is 1. The molecule has 1 saturated heterocycles. The molecule has 0 unspecified atom stereocenters. The third-order valence-electron chi connectivity index (χ3n) is 4.80. The molecule has 1 aromatic carbocycles. The van der Waals surface area contributed by atoms with Gasteiger partial charge in [-0.05, 0) is 57.0 Å². The average molecular weight is 334 g/mol. The van der Waals surface area contributed by atoms with Crippen molar-refractivity contribution in [3.05, 3.63) is 58.4 Å². The number of rotatable bonds is 5. The van der Waals surface area contributed by atoms with Crippen LogP contribution in [0.2, 0.25) is 0 Å². The van der Waals surface area contributed by atoms with Crippen LogP contribution >= 0.6 is 0 Å². The third kappa shape index (κ3) is 4.58. The number of hydrogen-bond donors (Lipinski definition) is 1. The fraction of sp³-hybridized carbons (Fsp3) is 0.429. The van der Waals surface area contributed by atoms with Crippen LogP contribution in [0.4, 0.5) is 5.69 Å². The van der Waals surface area contributed by atoms with Crippen LogP contribution < -0.4 is 5.32 Å². The molecule has 4 nitrogen and oxygen atoms in total. The van der Waals surface area contributed by atoms with Crippen LogP contribution in [0.3, 0.4) is 0 Å². The summed E-state index contributed by atoms with van der Waals surface area (Å²) in [6, 6.07) is 13.0. The Morgan fingerprint density at radius 1 is 1.08 bits per heavy atom. The monoisotopic (exact) mass is 334 g/mol. The highest BCUT2D eigenvalue weighted by Crippen LogP contribution is 2.20. The molecule has 130 valence electrons. The fourth-order valence-corrected chi connectivity index (χ4v) is 3.44. The van der Waals surface area contributed by atoms with Gasteiger partial charge in [0.15, 0.2) is 0 Å². The Morgan fingerprint density at radius 2 is 1.76 bits per heavy atom. The van der Waals surface area contributed by atoms with Gasteiger partial charge in [-0.3, -0.25) is 9.88 Å². The van der Waals surface area contributed by atoms with Gasteiger partial charge in [-0.2, -0.15) is 5.26 Å². The van der Waals surface area contributed by atoms with Gasteiger partial charge in [0.05, 0.1) is 16.9 Å². The van der Waals surface area contributed by atoms with Gasteiger partial charge >= 0.3 is 0 Å². The van der Waals surface area contributed by atoms with E-state index in [1.54, 1.807) is 0 Å². The first kappa shape index (κ1) is 17.4. The summed E-state index contributed by atoms with van der Waals surface area (Å²) in [4.78, 5) is 6.90. The Hall–Kier alpha value is -2.38. The van der Waals surface area contributed by atoms with E-state index in [1.165, 1.54) is 43.5 Å². The van der Waals surface area contributed by atoms with E-state index in [1.807, 2.05) is 19.9 Å². The number of likely N-dealkylation sites (tertiary alicyclic amines) is 1. The number of nitriles is 1. The second kappa shape index (κ2) is 8.13. The Balaban J connectivity index is 1.61. The molecular weight excluding hydrogens is 308 g/mol. The number of aromatic nitrogens is 1. The molecule has 0 atom stereocenters. The average Bonchev–Trinajstić information content (AvgIpc) is 2.62. The van der Waals surface area contributed by atoms with Gasteiger partial charge < -0.3 is 5.32 Å². The van der Waals surface area contributed by atoms with E-state index in [0.717, 1.165) is 23.6 Å². The number of aryl methyl sites for hydroxylation is 2. The molecule has 1 aliphatic rings. The molecule has 0 saturated carbocycles. The van der Waals surface area contributed by atoms with Crippen molar-refractivity contribution in [1.29, 1.82) is 5.26 Å². The highest BCUT2D eigenvalue weighted by atomic mass is 15.1. The SMILES string of the molecule is Cc1cc(NCc2ccc(CN3CCCCC3)cc2)c(C#N)c(C)n1. The van der Waals surface area contributed by atoms with Crippen molar-refractivity contribution in [2.45, 2.75) is 46.2 Å². The fourth-order valence-electron chi connectivity index (χ4n) is 3.44. The van der Waals surface area contributed by atoms with Crippen LogP contribution in [0.5, 0.6) is 0 Å². The highest BCUT2D eigenvalue weighted by Gasteiger charge is 2.10. The second-order valence-corrected chi connectivity index (χ2v) is 6.89. The zero-order valence-corrected chi connectivity index (χ0v) is 15.2. The molecule has 0 aliphatic carbocycles. The molecule has 1 aromatic heterocycles. The molecule has 1 N–H and O–H groups in total. The Bertz CT molecular complexity index is 753. The summed E-state index contributed by atoms with van der Waals surface area (Å²) in [7, 11) is 0. The third-order valence-corrected chi connectivity index (χ3v) is 4.80. The lowest BCUT2D eigenvalue weighted by molar-refractivity contribution is 0.221. The number of benzene rings is 1. The summed E-state index contributed by atoms with van der Waals surface area (Å²) in [5.74, 6) is 0. The number of nitrogens with zero attached hydrogens (tertiary/aromatic N) is 3. The summed E-state index contributed by atoms with van der Waals surface area (Å²) in [5.41, 5.74) is 5.80. The number of anilines is 1. The summed E-state index contributed by atoms with van der Waals surface area (Å²) >= 11 is 0. The largest absolute Gasteiger partial charge is 0.380 e. The molecule has 0 bridgehead atoms. The standard InChI is InChI=1S/C21H26N4/c1-16-12-21(20(13-22)17(2)24-16)23-14-18-6-8-19(9-7-18)15-25-10-4-3-5-11-25/h6-9,12H,3-5,10-11,14-15H2,1-2H3,(H,23,24). The summed E-state index contributed by atoms with van der Waals surface area (Å²) < 4.78 is 0. The van der Waals surface area contributed by atoms with Gasteiger partial charge in [-0.1, -0.05) is 30.7 Å². The maximum Gasteiger partial charge on any atom is 0.103 e. The minimum absolute atomic E-state index is 0.632. The molecule has 25 heavy (non-hydrogen) atoms. The second-order valence-electron chi connectivity index (χ2n) is 6.89. The van der Waals surface area contributed by atoms with E-state index in [-0.39, 0.29) is 0 Å². The normalized spacial score (nSPS) is 14.9. The van der Waals surface area contributed by atoms with Gasteiger partial charge in [-0.25, -0.2) is 0 Å². The van der Waals surface area contributed by atoms with Gasteiger partial charge in [-0.15, -0.1) is 0 Å². The van der Waals surface area contributed by atoms with Crippen LogP contribution in [-0.2, 0) is 13.1 Å². The molecule has 2 aromatic rings. The number of hydrogen-bond acceptors (Lipinski definition) is 4. The van der Waals surface area contributed by atoms with Crippen LogP contribution in [0.1, 0.15) is 47.3 Å². The minimum atomic E-state index is 0.632. The molecule has 1 fully saturated rings. The quantitative estimate of drug-likeness (QED) is 0.892. The van der Waals surface area contributed by atoms with Crippen molar-refractivity contribution < 1.29 is 0 Å². The van der Waals surface area contributed by atoms with Crippen LogP contribution in [0.25, 0.3) is 0 Å². The maximum absolute atomic E-state index is 9.34. The first-order valence-electron chi connectivity index (χ1n) is 9.08. The van der Waals surface area contributed by atoms with Crippen molar-refractivity contribution in [3.63, 3.8) is 0 Å². The summed E-state index contributed by atoms with van der Waals surface area (Å²) in [5, 5.41) is 12.7. The molecule has 0 amide bonds. The van der Waals surface area contributed by atoms with E-state index < -0.39 is 0 Å². The van der Waals surface area contributed by atoms with Crippen LogP contribution in [0, 0.1) is 25.2 Å². The molecule has 2 heterocycles. The van der Waals surface area contributed by atoms with Crippen molar-refractivity contribution in [2.75, 3.05) is 18.4 Å². The molecule has 1 aliphatic heterocycles. The van der Waals surface area contributed by atoms with Gasteiger partial charge in [0.1, 0.15) is 6.07 Å². The zero-order valence-electron chi connectivity index (χ0n) is 15.2. The van der Waals surface area contributed by atoms with E-state index in [0.29, 0.717) is 12.1 Å². The van der Waals surface area contributed by atoms with Crippen LogP contribution in [-0.4, -0.2) is 23.0 Å². The minimum Gasteiger partial charge on any atom is -0.380 e. The molecule has 0 spiro atoms. The smallest absolute Gasteiger partial charge is 0.103 e. The van der Waals surface area contributed by atoms with Gasteiger partial charge in [0.25, 0.3) is 0 Å². The maximum atomic E-state index is 9.34. The number of pyridine rings is 1. The molecule has 0 radical (unpaired) electrons. The predicted octanol–water partition coefficient (Wildman–Crippen LogP) is 4.17. The van der Waals surface area contributed by atoms with Crippen molar-refractivity contribution in [3.8, 4) is 6.07 Å². The van der Waals surface area contributed by atoms with Crippen molar-refractivity contribution in [1.82, 2.24) is 9.88 Å². The van der Waals surface area contributed by atoms with E-state index in [2.05, 4.69) is 45.5 Å². The highest BCUT2D eigenvalue weighted by molar-refractivity contribution is 5.60. The lowest BCUT2D eigenvalue weighted by atomic mass is 10.1. The predicted molar refractivity (Wildman–Crippen MR) is 101 cm³/mol. The summed E-state index contributed by atoms with van der Waals surface area (Å²) in [6.45, 7) is 8.04. The molecule has 4 heteroatoms. The van der Waals surface area contributed by atoms with Gasteiger partial charge in [0, 0.05) is 18.8 Å². The zero-order chi connectivity index (χ0) is 17.6. The van der Waals surface area contributed by atoms with E-state index in [9.17, 15) is 5.26 Å². The Morgan fingerprint density at radius 3 is 2.44 bits per heavy atom. The molecule has 3 rings (SSSR count). The number of piperidine rings is 1. The lowest BCUT2D eigenvalue weighted by Gasteiger charge is -2.26. The first-order chi connectivity index (χ1) is 12.2. The van der Waals surface area contributed by atoms with Gasteiger partial charge in [0.2, 0.25) is 0 Å². The van der Waals surface area contributed by atoms with Crippen LogP contribution in [0.15, 0.2) is 30.3 Å². The van der Waals surface area contributed by atoms with E-state index in [4.69, 9.17) is 0 Å². The Kier molecular flexibility index (Phi) is 5.67. The Labute approximate surface area is 150 Å². The van der Waals surface area contributed by atoms with E-state index >= 15 is 0 Å². The van der Waals surface area contributed by atoms with Crippen molar-refractivity contribution in [2.24, 2.45) is 0 Å². The lowest BCUT2D eigenvalue weighted by Crippen LogP contribution is -2.29. The first-order valence-corrected chi connectivity index (χ1v) is 9.08. The molecular formula is C21H26N4. The topological polar surface area (TPSA) is 52.0 Å². The van der Waals surface area contributed by atoms with Crippen molar-refractivity contribution >= 4 is 5.69 Å².